The zero-order chi connectivity index (χ0) is 18.2. The predicted octanol–water partition coefficient (Wildman–Crippen LogP) is 3.49. The van der Waals surface area contributed by atoms with Gasteiger partial charge in [0.2, 0.25) is 0 Å². The van der Waals surface area contributed by atoms with Crippen LogP contribution in [0, 0.1) is 0 Å². The summed E-state index contributed by atoms with van der Waals surface area (Å²) in [4.78, 5) is 17.3. The van der Waals surface area contributed by atoms with E-state index in [1.807, 2.05) is 29.2 Å². The molecular weight excluding hydrogens is 336 g/mol. The first-order chi connectivity index (χ1) is 13.3. The molecule has 2 aliphatic heterocycles. The number of ether oxygens (including phenoxy) is 1. The van der Waals surface area contributed by atoms with Crippen molar-refractivity contribution in [2.45, 2.75) is 12.5 Å². The molecule has 0 aromatic heterocycles. The average Bonchev–Trinajstić information content (AvgIpc) is 3.19. The fourth-order valence-electron chi connectivity index (χ4n) is 4.18. The second-order valence-corrected chi connectivity index (χ2v) is 7.22. The zero-order valence-electron chi connectivity index (χ0n) is 15.2. The lowest BCUT2D eigenvalue weighted by atomic mass is 10.0. The summed E-state index contributed by atoms with van der Waals surface area (Å²) in [5.41, 5.74) is 2.38. The molecule has 4 heteroatoms. The van der Waals surface area contributed by atoms with Gasteiger partial charge in [-0.05, 0) is 29.0 Å². The minimum atomic E-state index is -0.394. The number of para-hydroxylation sites is 1. The fourth-order valence-corrected chi connectivity index (χ4v) is 4.18. The van der Waals surface area contributed by atoms with E-state index in [-0.39, 0.29) is 5.91 Å². The largest absolute Gasteiger partial charge is 0.480 e. The first kappa shape index (κ1) is 16.2. The number of amides is 1. The highest BCUT2D eigenvalue weighted by molar-refractivity contribution is 5.91. The van der Waals surface area contributed by atoms with Crippen molar-refractivity contribution in [1.82, 2.24) is 4.90 Å². The van der Waals surface area contributed by atoms with Crippen LogP contribution in [0.1, 0.15) is 5.56 Å². The summed E-state index contributed by atoms with van der Waals surface area (Å²) >= 11 is 0. The third kappa shape index (κ3) is 2.91. The molecule has 4 nitrogen and oxygen atoms in total. The second-order valence-electron chi connectivity index (χ2n) is 7.22. The quantitative estimate of drug-likeness (QED) is 0.703. The molecule has 0 aliphatic carbocycles. The Kier molecular flexibility index (Phi) is 3.97. The summed E-state index contributed by atoms with van der Waals surface area (Å²) in [6, 6.07) is 22.8. The van der Waals surface area contributed by atoms with Gasteiger partial charge < -0.3 is 14.5 Å². The third-order valence-electron chi connectivity index (χ3n) is 5.64. The number of hydrogen-bond acceptors (Lipinski definition) is 3. The molecule has 0 spiro atoms. The Balaban J connectivity index is 1.28. The Bertz CT molecular complexity index is 978. The van der Waals surface area contributed by atoms with E-state index in [9.17, 15) is 4.79 Å². The van der Waals surface area contributed by atoms with E-state index < -0.39 is 6.10 Å². The van der Waals surface area contributed by atoms with Gasteiger partial charge in [-0.2, -0.15) is 0 Å². The van der Waals surface area contributed by atoms with E-state index in [1.54, 1.807) is 0 Å². The molecule has 2 heterocycles. The minimum Gasteiger partial charge on any atom is -0.480 e. The lowest BCUT2D eigenvalue weighted by molar-refractivity contribution is -0.138. The molecule has 136 valence electrons. The Morgan fingerprint density at radius 1 is 0.852 bits per heavy atom. The molecule has 0 radical (unpaired) electrons. The lowest BCUT2D eigenvalue weighted by Gasteiger charge is -2.36. The van der Waals surface area contributed by atoms with E-state index in [4.69, 9.17) is 4.74 Å². The van der Waals surface area contributed by atoms with Crippen LogP contribution in [0.4, 0.5) is 5.69 Å². The first-order valence-corrected chi connectivity index (χ1v) is 9.56. The molecule has 0 bridgehead atoms. The summed E-state index contributed by atoms with van der Waals surface area (Å²) in [6.45, 7) is 3.20. The molecule has 1 atom stereocenters. The van der Waals surface area contributed by atoms with Crippen LogP contribution in [-0.2, 0) is 11.2 Å². The minimum absolute atomic E-state index is 0.114. The smallest absolute Gasteiger partial charge is 0.264 e. The van der Waals surface area contributed by atoms with Crippen molar-refractivity contribution in [1.29, 1.82) is 0 Å². The Hall–Kier alpha value is -3.01. The van der Waals surface area contributed by atoms with Crippen LogP contribution in [-0.4, -0.2) is 43.1 Å². The van der Waals surface area contributed by atoms with Gasteiger partial charge in [-0.25, -0.2) is 0 Å². The second kappa shape index (κ2) is 6.62. The van der Waals surface area contributed by atoms with E-state index in [0.717, 1.165) is 37.5 Å². The van der Waals surface area contributed by atoms with E-state index in [1.165, 1.54) is 16.5 Å². The van der Waals surface area contributed by atoms with E-state index >= 15 is 0 Å². The van der Waals surface area contributed by atoms with Crippen molar-refractivity contribution in [2.75, 3.05) is 31.1 Å². The van der Waals surface area contributed by atoms with Gasteiger partial charge in [0, 0.05) is 43.9 Å². The molecular formula is C23H22N2O2. The van der Waals surface area contributed by atoms with Gasteiger partial charge in [0.1, 0.15) is 5.75 Å². The summed E-state index contributed by atoms with van der Waals surface area (Å²) < 4.78 is 6.04. The van der Waals surface area contributed by atoms with Crippen molar-refractivity contribution < 1.29 is 9.53 Å². The molecule has 2 aliphatic rings. The van der Waals surface area contributed by atoms with E-state index in [0.29, 0.717) is 6.42 Å². The maximum Gasteiger partial charge on any atom is 0.264 e. The van der Waals surface area contributed by atoms with Gasteiger partial charge in [0.05, 0.1) is 0 Å². The average molecular weight is 358 g/mol. The molecule has 0 saturated carbocycles. The molecule has 1 saturated heterocycles. The highest BCUT2D eigenvalue weighted by atomic mass is 16.5. The Morgan fingerprint density at radius 2 is 1.59 bits per heavy atom. The number of nitrogens with zero attached hydrogens (tertiary/aromatic N) is 2. The number of carbonyl (C=O) groups is 1. The van der Waals surface area contributed by atoms with Gasteiger partial charge in [0.15, 0.2) is 6.10 Å². The maximum atomic E-state index is 13.0. The standard InChI is InChI=1S/C23H22N2O2/c26-23(25-14-12-24(13-15-25)18-7-2-1-3-8-18)22-16-20-19-9-5-4-6-17(19)10-11-21(20)27-22/h1-11,22H,12-16H2/t22-/m0/s1. The van der Waals surface area contributed by atoms with Crippen molar-refractivity contribution in [3.05, 3.63) is 72.3 Å². The van der Waals surface area contributed by atoms with Crippen molar-refractivity contribution in [2.24, 2.45) is 0 Å². The predicted molar refractivity (Wildman–Crippen MR) is 107 cm³/mol. The fraction of sp³-hybridized carbons (Fsp3) is 0.261. The topological polar surface area (TPSA) is 32.8 Å². The lowest BCUT2D eigenvalue weighted by Crippen LogP contribution is -2.52. The maximum absolute atomic E-state index is 13.0. The van der Waals surface area contributed by atoms with Crippen LogP contribution >= 0.6 is 0 Å². The monoisotopic (exact) mass is 358 g/mol. The van der Waals surface area contributed by atoms with Crippen molar-refractivity contribution in [3.8, 4) is 5.75 Å². The van der Waals surface area contributed by atoms with Crippen LogP contribution in [0.15, 0.2) is 66.7 Å². The number of carbonyl (C=O) groups excluding carboxylic acids is 1. The van der Waals surface area contributed by atoms with Crippen LogP contribution < -0.4 is 9.64 Å². The Morgan fingerprint density at radius 3 is 2.41 bits per heavy atom. The highest BCUT2D eigenvalue weighted by Gasteiger charge is 2.34. The molecule has 27 heavy (non-hydrogen) atoms. The van der Waals surface area contributed by atoms with Crippen molar-refractivity contribution >= 4 is 22.4 Å². The number of rotatable bonds is 2. The van der Waals surface area contributed by atoms with Gasteiger partial charge >= 0.3 is 0 Å². The van der Waals surface area contributed by atoms with Crippen molar-refractivity contribution in [3.63, 3.8) is 0 Å². The summed E-state index contributed by atoms with van der Waals surface area (Å²) in [6.07, 6.45) is 0.267. The van der Waals surface area contributed by atoms with Gasteiger partial charge in [-0.1, -0.05) is 48.5 Å². The first-order valence-electron chi connectivity index (χ1n) is 9.56. The number of piperazine rings is 1. The molecule has 1 fully saturated rings. The SMILES string of the molecule is O=C([C@@H]1Cc2c(ccc3ccccc23)O1)N1CCN(c2ccccc2)CC1. The number of fused-ring (bicyclic) bond motifs is 3. The summed E-state index contributed by atoms with van der Waals surface area (Å²) in [5, 5.41) is 2.39. The normalized spacial score (nSPS) is 19.0. The molecule has 0 N–H and O–H groups in total. The van der Waals surface area contributed by atoms with Crippen LogP contribution in [0.2, 0.25) is 0 Å². The number of hydrogen-bond donors (Lipinski definition) is 0. The van der Waals surface area contributed by atoms with Crippen LogP contribution in [0.25, 0.3) is 10.8 Å². The molecule has 5 rings (SSSR count). The van der Waals surface area contributed by atoms with Gasteiger partial charge in [-0.3, -0.25) is 4.79 Å². The molecule has 0 unspecified atom stereocenters. The van der Waals surface area contributed by atoms with Gasteiger partial charge in [-0.15, -0.1) is 0 Å². The number of benzene rings is 3. The summed E-state index contributed by atoms with van der Waals surface area (Å²) in [5.74, 6) is 0.970. The van der Waals surface area contributed by atoms with Gasteiger partial charge in [0.25, 0.3) is 5.91 Å². The molecule has 3 aromatic carbocycles. The highest BCUT2D eigenvalue weighted by Crippen LogP contribution is 2.35. The van der Waals surface area contributed by atoms with Crippen LogP contribution in [0.3, 0.4) is 0 Å². The summed E-state index contributed by atoms with van der Waals surface area (Å²) in [7, 11) is 0. The zero-order valence-corrected chi connectivity index (χ0v) is 15.2. The van der Waals surface area contributed by atoms with Crippen LogP contribution in [0.5, 0.6) is 5.75 Å². The third-order valence-corrected chi connectivity index (χ3v) is 5.64. The van der Waals surface area contributed by atoms with E-state index in [2.05, 4.69) is 47.4 Å². The Labute approximate surface area is 159 Å². The molecule has 1 amide bonds. The molecule has 3 aromatic rings. The number of anilines is 1.